The number of sulfone groups is 1. The third-order valence-electron chi connectivity index (χ3n) is 4.43. The van der Waals surface area contributed by atoms with Gasteiger partial charge in [-0.25, -0.2) is 8.42 Å². The van der Waals surface area contributed by atoms with E-state index in [-0.39, 0.29) is 0 Å². The van der Waals surface area contributed by atoms with Crippen LogP contribution in [0.5, 0.6) is 0 Å². The van der Waals surface area contributed by atoms with Crippen molar-refractivity contribution in [2.45, 2.75) is 33.1 Å². The highest BCUT2D eigenvalue weighted by atomic mass is 32.3. The van der Waals surface area contributed by atoms with Crippen LogP contribution in [0.2, 0.25) is 0 Å². The van der Waals surface area contributed by atoms with Crippen LogP contribution in [0, 0.1) is 23.7 Å². The maximum Gasteiger partial charge on any atom is 0.159 e. The summed E-state index contributed by atoms with van der Waals surface area (Å²) in [4.78, 5) is 0. The fourth-order valence-corrected chi connectivity index (χ4v) is 7.23. The second kappa shape index (κ2) is 4.89. The van der Waals surface area contributed by atoms with Crippen LogP contribution in [0.25, 0.3) is 0 Å². The number of hydrogen-bond donors (Lipinski definition) is 0. The van der Waals surface area contributed by atoms with Crippen molar-refractivity contribution in [3.05, 3.63) is 0 Å². The summed E-state index contributed by atoms with van der Waals surface area (Å²) >= 11 is 1.64. The minimum absolute atomic E-state index is 0.354. The standard InChI is InChI=1S/C12H22O2S2/c1-3-9-5-10(4-2)12-7-16(13,14)8-15-6-11(9)12/h9-12H,3-8H2,1-2H3. The third-order valence-corrected chi connectivity index (χ3v) is 8.05. The van der Waals surface area contributed by atoms with Gasteiger partial charge >= 0.3 is 0 Å². The molecule has 2 fully saturated rings. The summed E-state index contributed by atoms with van der Waals surface area (Å²) in [7, 11) is -2.79. The highest BCUT2D eigenvalue weighted by Gasteiger charge is 2.44. The van der Waals surface area contributed by atoms with Gasteiger partial charge in [-0.3, -0.25) is 0 Å². The molecule has 1 heterocycles. The van der Waals surface area contributed by atoms with Crippen molar-refractivity contribution in [1.82, 2.24) is 0 Å². The van der Waals surface area contributed by atoms with Gasteiger partial charge in [-0.05, 0) is 35.8 Å². The molecule has 0 aromatic carbocycles. The first-order valence-electron chi connectivity index (χ1n) is 6.35. The summed E-state index contributed by atoms with van der Waals surface area (Å²) in [6.07, 6.45) is 3.63. The predicted octanol–water partition coefficient (Wildman–Crippen LogP) is 2.79. The van der Waals surface area contributed by atoms with E-state index in [9.17, 15) is 8.42 Å². The van der Waals surface area contributed by atoms with E-state index in [2.05, 4.69) is 13.8 Å². The van der Waals surface area contributed by atoms with Crippen LogP contribution in [0.1, 0.15) is 33.1 Å². The van der Waals surface area contributed by atoms with Gasteiger partial charge in [0, 0.05) is 0 Å². The van der Waals surface area contributed by atoms with E-state index >= 15 is 0 Å². The van der Waals surface area contributed by atoms with Crippen LogP contribution in [0.3, 0.4) is 0 Å². The molecule has 0 aromatic heterocycles. The van der Waals surface area contributed by atoms with Gasteiger partial charge in [0.25, 0.3) is 0 Å². The summed E-state index contributed by atoms with van der Waals surface area (Å²) in [5.41, 5.74) is 0. The van der Waals surface area contributed by atoms with Crippen LogP contribution >= 0.6 is 11.8 Å². The number of hydrogen-bond acceptors (Lipinski definition) is 3. The molecule has 0 spiro atoms. The Hall–Kier alpha value is 0.300. The number of thioether (sulfide) groups is 1. The molecule has 0 N–H and O–H groups in total. The Morgan fingerprint density at radius 2 is 1.75 bits per heavy atom. The van der Waals surface area contributed by atoms with Crippen molar-refractivity contribution in [2.24, 2.45) is 23.7 Å². The van der Waals surface area contributed by atoms with Crippen LogP contribution in [-0.2, 0) is 9.84 Å². The number of rotatable bonds is 2. The van der Waals surface area contributed by atoms with E-state index in [1.807, 2.05) is 0 Å². The summed E-state index contributed by atoms with van der Waals surface area (Å²) in [6.45, 7) is 4.47. The maximum atomic E-state index is 11.8. The summed E-state index contributed by atoms with van der Waals surface area (Å²) in [6, 6.07) is 0. The molecule has 1 aliphatic carbocycles. The molecule has 94 valence electrons. The summed E-state index contributed by atoms with van der Waals surface area (Å²) in [5, 5.41) is 0.354. The third kappa shape index (κ3) is 2.42. The highest BCUT2D eigenvalue weighted by molar-refractivity contribution is 8.12. The van der Waals surface area contributed by atoms with Gasteiger partial charge < -0.3 is 0 Å². The molecule has 4 unspecified atom stereocenters. The van der Waals surface area contributed by atoms with Crippen molar-refractivity contribution in [1.29, 1.82) is 0 Å². The normalized spacial score (nSPS) is 42.6. The Morgan fingerprint density at radius 3 is 2.38 bits per heavy atom. The zero-order chi connectivity index (χ0) is 11.8. The molecule has 1 aliphatic heterocycles. The van der Waals surface area contributed by atoms with E-state index in [4.69, 9.17) is 0 Å². The first kappa shape index (κ1) is 12.7. The molecular formula is C12H22O2S2. The zero-order valence-corrected chi connectivity index (χ0v) is 11.8. The average molecular weight is 262 g/mol. The van der Waals surface area contributed by atoms with Crippen molar-refractivity contribution in [3.63, 3.8) is 0 Å². The molecule has 0 amide bonds. The average Bonchev–Trinajstić information content (AvgIpc) is 2.46. The molecule has 0 aromatic rings. The zero-order valence-electron chi connectivity index (χ0n) is 10.2. The second-order valence-electron chi connectivity index (χ2n) is 5.30. The Morgan fingerprint density at radius 1 is 1.12 bits per heavy atom. The predicted molar refractivity (Wildman–Crippen MR) is 70.3 cm³/mol. The van der Waals surface area contributed by atoms with E-state index in [0.717, 1.165) is 18.1 Å². The largest absolute Gasteiger partial charge is 0.228 e. The van der Waals surface area contributed by atoms with Gasteiger partial charge in [-0.15, -0.1) is 11.8 Å². The lowest BCUT2D eigenvalue weighted by Crippen LogP contribution is -2.24. The molecular weight excluding hydrogens is 240 g/mol. The van der Waals surface area contributed by atoms with Crippen LogP contribution in [0.4, 0.5) is 0 Å². The second-order valence-corrected chi connectivity index (χ2v) is 8.80. The van der Waals surface area contributed by atoms with Gasteiger partial charge in [0.2, 0.25) is 0 Å². The van der Waals surface area contributed by atoms with Crippen molar-refractivity contribution >= 4 is 21.6 Å². The van der Waals surface area contributed by atoms with Gasteiger partial charge in [0.1, 0.15) is 0 Å². The molecule has 2 aliphatic rings. The van der Waals surface area contributed by atoms with Crippen LogP contribution in [-0.4, -0.2) is 25.0 Å². The van der Waals surface area contributed by atoms with E-state index in [0.29, 0.717) is 28.6 Å². The van der Waals surface area contributed by atoms with Crippen molar-refractivity contribution in [3.8, 4) is 0 Å². The van der Waals surface area contributed by atoms with Crippen molar-refractivity contribution in [2.75, 3.05) is 16.6 Å². The van der Waals surface area contributed by atoms with E-state index in [1.54, 1.807) is 11.8 Å². The smallest absolute Gasteiger partial charge is 0.159 e. The quantitative estimate of drug-likeness (QED) is 0.767. The van der Waals surface area contributed by atoms with E-state index in [1.165, 1.54) is 12.8 Å². The molecule has 2 rings (SSSR count). The SMILES string of the molecule is CCC1CC(CC)C2CS(=O)(=O)CSCC12. The highest BCUT2D eigenvalue weighted by Crippen LogP contribution is 2.48. The first-order chi connectivity index (χ1) is 7.57. The molecule has 0 radical (unpaired) electrons. The molecule has 4 atom stereocenters. The lowest BCUT2D eigenvalue weighted by molar-refractivity contribution is 0.331. The monoisotopic (exact) mass is 262 g/mol. The molecule has 1 saturated heterocycles. The molecule has 16 heavy (non-hydrogen) atoms. The molecule has 2 nitrogen and oxygen atoms in total. The Labute approximate surface area is 103 Å². The molecule has 1 saturated carbocycles. The Bertz CT molecular complexity index is 337. The van der Waals surface area contributed by atoms with Crippen LogP contribution < -0.4 is 0 Å². The van der Waals surface area contributed by atoms with Gasteiger partial charge in [0.15, 0.2) is 9.84 Å². The lowest BCUT2D eigenvalue weighted by Gasteiger charge is -2.22. The minimum atomic E-state index is -2.79. The fourth-order valence-electron chi connectivity index (χ4n) is 3.55. The molecule has 4 heteroatoms. The summed E-state index contributed by atoms with van der Waals surface area (Å²) in [5.74, 6) is 4.07. The molecule has 0 bridgehead atoms. The van der Waals surface area contributed by atoms with Gasteiger partial charge in [-0.2, -0.15) is 0 Å². The fraction of sp³-hybridized carbons (Fsp3) is 1.00. The number of fused-ring (bicyclic) bond motifs is 1. The Kier molecular flexibility index (Phi) is 3.89. The topological polar surface area (TPSA) is 34.1 Å². The maximum absolute atomic E-state index is 11.8. The lowest BCUT2D eigenvalue weighted by atomic mass is 9.88. The van der Waals surface area contributed by atoms with Gasteiger partial charge in [-0.1, -0.05) is 26.7 Å². The first-order valence-corrected chi connectivity index (χ1v) is 9.33. The van der Waals surface area contributed by atoms with Gasteiger partial charge in [0.05, 0.1) is 10.8 Å². The Balaban J connectivity index is 2.21. The van der Waals surface area contributed by atoms with Crippen molar-refractivity contribution < 1.29 is 8.42 Å². The minimum Gasteiger partial charge on any atom is -0.228 e. The van der Waals surface area contributed by atoms with E-state index < -0.39 is 9.84 Å². The summed E-state index contributed by atoms with van der Waals surface area (Å²) < 4.78 is 23.7. The van der Waals surface area contributed by atoms with Crippen LogP contribution in [0.15, 0.2) is 0 Å².